The molecule has 1 N–H and O–H groups in total. The lowest BCUT2D eigenvalue weighted by molar-refractivity contribution is 0.0928. The summed E-state index contributed by atoms with van der Waals surface area (Å²) in [5.41, 5.74) is 1.58. The monoisotopic (exact) mass is 296 g/mol. The van der Waals surface area contributed by atoms with Crippen molar-refractivity contribution in [3.05, 3.63) is 29.6 Å². The average molecular weight is 297 g/mol. The van der Waals surface area contributed by atoms with Gasteiger partial charge in [-0.2, -0.15) is 0 Å². The number of hydrogen-bond donors (Lipinski definition) is 1. The van der Waals surface area contributed by atoms with E-state index in [0.29, 0.717) is 16.4 Å². The summed E-state index contributed by atoms with van der Waals surface area (Å²) in [6.45, 7) is 1.92. The molecule has 1 aliphatic rings. The van der Waals surface area contributed by atoms with Crippen molar-refractivity contribution in [2.24, 2.45) is 0 Å². The van der Waals surface area contributed by atoms with Crippen LogP contribution in [0.25, 0.3) is 0 Å². The number of carbonyl (C=O) groups excluding carboxylic acids is 1. The Labute approximate surface area is 110 Å². The molecule has 0 aromatic carbocycles. The largest absolute Gasteiger partial charge is 0.349 e. The number of aromatic nitrogens is 1. The van der Waals surface area contributed by atoms with Gasteiger partial charge in [-0.1, -0.05) is 15.9 Å². The van der Waals surface area contributed by atoms with Crippen molar-refractivity contribution >= 4 is 21.8 Å². The van der Waals surface area contributed by atoms with Crippen molar-refractivity contribution in [2.75, 3.05) is 0 Å². The Kier molecular flexibility index (Phi) is 4.15. The summed E-state index contributed by atoms with van der Waals surface area (Å²) in [5, 5.41) is 3.08. The number of halogens is 1. The molecule has 3 nitrogen and oxygen atoms in total. The zero-order valence-corrected chi connectivity index (χ0v) is 11.5. The molecule has 0 atom stereocenters. The van der Waals surface area contributed by atoms with Crippen LogP contribution in [-0.2, 0) is 0 Å². The first-order valence-electron chi connectivity index (χ1n) is 6.03. The Morgan fingerprint density at radius 3 is 2.65 bits per heavy atom. The Hall–Kier alpha value is -0.900. The van der Waals surface area contributed by atoms with Gasteiger partial charge in [0.2, 0.25) is 0 Å². The van der Waals surface area contributed by atoms with E-state index in [1.807, 2.05) is 19.1 Å². The molecule has 1 fully saturated rings. The maximum absolute atomic E-state index is 11.9. The second kappa shape index (κ2) is 5.63. The van der Waals surface area contributed by atoms with Crippen molar-refractivity contribution in [1.29, 1.82) is 0 Å². The van der Waals surface area contributed by atoms with Crippen molar-refractivity contribution in [3.63, 3.8) is 0 Å². The van der Waals surface area contributed by atoms with E-state index in [1.54, 1.807) is 6.20 Å². The standard InChI is InChI=1S/C13H17BrN2O/c1-9-2-3-10(8-15-9)13(17)16-12-6-4-11(14)5-7-12/h2-3,8,11-12H,4-7H2,1H3,(H,16,17). The highest BCUT2D eigenvalue weighted by molar-refractivity contribution is 9.09. The summed E-state index contributed by atoms with van der Waals surface area (Å²) >= 11 is 3.61. The van der Waals surface area contributed by atoms with Gasteiger partial charge in [-0.05, 0) is 44.7 Å². The Morgan fingerprint density at radius 1 is 1.35 bits per heavy atom. The van der Waals surface area contributed by atoms with Crippen LogP contribution in [-0.4, -0.2) is 21.8 Å². The summed E-state index contributed by atoms with van der Waals surface area (Å²) in [5.74, 6) is -0.00415. The quantitative estimate of drug-likeness (QED) is 0.853. The van der Waals surface area contributed by atoms with E-state index < -0.39 is 0 Å². The molecule has 4 heteroatoms. The molecule has 2 rings (SSSR count). The Morgan fingerprint density at radius 2 is 2.06 bits per heavy atom. The van der Waals surface area contributed by atoms with Gasteiger partial charge in [0, 0.05) is 22.8 Å². The minimum atomic E-state index is -0.00415. The number of aryl methyl sites for hydroxylation is 1. The molecule has 1 aromatic heterocycles. The third kappa shape index (κ3) is 3.53. The van der Waals surface area contributed by atoms with Gasteiger partial charge in [0.1, 0.15) is 0 Å². The molecule has 0 unspecified atom stereocenters. The van der Waals surface area contributed by atoms with E-state index in [0.717, 1.165) is 31.4 Å². The highest BCUT2D eigenvalue weighted by atomic mass is 79.9. The summed E-state index contributed by atoms with van der Waals surface area (Å²) in [4.78, 5) is 16.7. The molecular weight excluding hydrogens is 280 g/mol. The molecule has 1 aromatic rings. The van der Waals surface area contributed by atoms with E-state index in [4.69, 9.17) is 0 Å². The highest BCUT2D eigenvalue weighted by Crippen LogP contribution is 2.24. The third-order valence-electron chi connectivity index (χ3n) is 3.17. The maximum atomic E-state index is 11.9. The molecule has 1 heterocycles. The second-order valence-electron chi connectivity index (χ2n) is 4.61. The molecule has 1 amide bonds. The van der Waals surface area contributed by atoms with Crippen molar-refractivity contribution in [2.45, 2.75) is 43.5 Å². The maximum Gasteiger partial charge on any atom is 0.253 e. The number of carbonyl (C=O) groups is 1. The number of alkyl halides is 1. The first kappa shape index (κ1) is 12.6. The van der Waals surface area contributed by atoms with Crippen LogP contribution < -0.4 is 5.32 Å². The van der Waals surface area contributed by atoms with Gasteiger partial charge in [0.15, 0.2) is 0 Å². The fraction of sp³-hybridized carbons (Fsp3) is 0.538. The number of rotatable bonds is 2. The van der Waals surface area contributed by atoms with Gasteiger partial charge in [-0.3, -0.25) is 9.78 Å². The number of amides is 1. The van der Waals surface area contributed by atoms with Crippen LogP contribution in [0, 0.1) is 6.92 Å². The van der Waals surface area contributed by atoms with Crippen LogP contribution in [0.4, 0.5) is 0 Å². The summed E-state index contributed by atoms with van der Waals surface area (Å²) in [7, 11) is 0. The zero-order valence-electron chi connectivity index (χ0n) is 9.95. The summed E-state index contributed by atoms with van der Waals surface area (Å²) < 4.78 is 0. The van der Waals surface area contributed by atoms with Crippen molar-refractivity contribution in [1.82, 2.24) is 10.3 Å². The second-order valence-corrected chi connectivity index (χ2v) is 5.91. The fourth-order valence-corrected chi connectivity index (χ4v) is 2.60. The van der Waals surface area contributed by atoms with Crippen LogP contribution in [0.5, 0.6) is 0 Å². The van der Waals surface area contributed by atoms with Gasteiger partial charge < -0.3 is 5.32 Å². The predicted octanol–water partition coefficient (Wildman–Crippen LogP) is 2.83. The third-order valence-corrected chi connectivity index (χ3v) is 4.08. The number of nitrogens with one attached hydrogen (secondary N) is 1. The summed E-state index contributed by atoms with van der Waals surface area (Å²) in [6, 6.07) is 4.01. The smallest absolute Gasteiger partial charge is 0.253 e. The SMILES string of the molecule is Cc1ccc(C(=O)NC2CCC(Br)CC2)cn1. The van der Waals surface area contributed by atoms with Gasteiger partial charge in [-0.15, -0.1) is 0 Å². The number of hydrogen-bond acceptors (Lipinski definition) is 2. The molecule has 1 saturated carbocycles. The first-order chi connectivity index (χ1) is 8.15. The molecule has 1 aliphatic carbocycles. The van der Waals surface area contributed by atoms with Crippen LogP contribution in [0.1, 0.15) is 41.7 Å². The first-order valence-corrected chi connectivity index (χ1v) is 6.94. The normalized spacial score (nSPS) is 24.4. The van der Waals surface area contributed by atoms with E-state index in [1.165, 1.54) is 0 Å². The molecule has 0 saturated heterocycles. The zero-order chi connectivity index (χ0) is 12.3. The average Bonchev–Trinajstić information content (AvgIpc) is 2.33. The van der Waals surface area contributed by atoms with Gasteiger partial charge in [0.25, 0.3) is 5.91 Å². The number of pyridine rings is 1. The van der Waals surface area contributed by atoms with Crippen molar-refractivity contribution in [3.8, 4) is 0 Å². The molecule has 17 heavy (non-hydrogen) atoms. The lowest BCUT2D eigenvalue weighted by Gasteiger charge is -2.25. The van der Waals surface area contributed by atoms with Crippen molar-refractivity contribution < 1.29 is 4.79 Å². The molecule has 0 bridgehead atoms. The van der Waals surface area contributed by atoms with Gasteiger partial charge >= 0.3 is 0 Å². The lowest BCUT2D eigenvalue weighted by Crippen LogP contribution is -2.37. The van der Waals surface area contributed by atoms with Gasteiger partial charge in [0.05, 0.1) is 5.56 Å². The lowest BCUT2D eigenvalue weighted by atomic mass is 9.95. The Bertz CT molecular complexity index is 383. The van der Waals surface area contributed by atoms with E-state index in [9.17, 15) is 4.79 Å². The van der Waals surface area contributed by atoms with Crippen LogP contribution in [0.15, 0.2) is 18.3 Å². The minimum absolute atomic E-state index is 0.00415. The van der Waals surface area contributed by atoms with Crippen LogP contribution in [0.2, 0.25) is 0 Å². The molecule has 0 radical (unpaired) electrons. The van der Waals surface area contributed by atoms with E-state index >= 15 is 0 Å². The predicted molar refractivity (Wildman–Crippen MR) is 71.4 cm³/mol. The molecule has 0 aliphatic heterocycles. The fourth-order valence-electron chi connectivity index (χ4n) is 2.07. The summed E-state index contributed by atoms with van der Waals surface area (Å²) in [6.07, 6.45) is 6.02. The Balaban J connectivity index is 1.91. The number of nitrogens with zero attached hydrogens (tertiary/aromatic N) is 1. The van der Waals surface area contributed by atoms with Crippen LogP contribution in [0.3, 0.4) is 0 Å². The minimum Gasteiger partial charge on any atom is -0.349 e. The van der Waals surface area contributed by atoms with Gasteiger partial charge in [-0.25, -0.2) is 0 Å². The molecular formula is C13H17BrN2O. The molecule has 0 spiro atoms. The van der Waals surface area contributed by atoms with E-state index in [2.05, 4.69) is 26.2 Å². The highest BCUT2D eigenvalue weighted by Gasteiger charge is 2.21. The topological polar surface area (TPSA) is 42.0 Å². The molecule has 92 valence electrons. The van der Waals surface area contributed by atoms with Crippen LogP contribution >= 0.6 is 15.9 Å². The van der Waals surface area contributed by atoms with E-state index in [-0.39, 0.29) is 5.91 Å².